The lowest BCUT2D eigenvalue weighted by Gasteiger charge is -2.11. The van der Waals surface area contributed by atoms with Gasteiger partial charge in [-0.3, -0.25) is 4.57 Å². The predicted octanol–water partition coefficient (Wildman–Crippen LogP) is 5.17. The largest absolute Gasteiger partial charge is 0.508 e. The first-order chi connectivity index (χ1) is 17.7. The summed E-state index contributed by atoms with van der Waals surface area (Å²) < 4.78 is 3.91. The van der Waals surface area contributed by atoms with Crippen LogP contribution in [-0.2, 0) is 6.42 Å². The number of nitrogens with zero attached hydrogens (tertiary/aromatic N) is 6. The van der Waals surface area contributed by atoms with Crippen molar-refractivity contribution in [3.05, 3.63) is 96.0 Å². The van der Waals surface area contributed by atoms with E-state index in [0.717, 1.165) is 29.0 Å². The van der Waals surface area contributed by atoms with Crippen molar-refractivity contribution in [1.82, 2.24) is 29.1 Å². The van der Waals surface area contributed by atoms with Gasteiger partial charge in [0.15, 0.2) is 17.0 Å². The van der Waals surface area contributed by atoms with Crippen molar-refractivity contribution in [2.45, 2.75) is 6.42 Å². The number of hydrogen-bond donors (Lipinski definition) is 3. The Balaban J connectivity index is 1.29. The Morgan fingerprint density at radius 2 is 1.78 bits per heavy atom. The highest BCUT2D eigenvalue weighted by atomic mass is 32.1. The highest BCUT2D eigenvalue weighted by Crippen LogP contribution is 2.26. The molecule has 0 fully saturated rings. The lowest BCUT2D eigenvalue weighted by Crippen LogP contribution is -2.09. The van der Waals surface area contributed by atoms with Gasteiger partial charge in [-0.15, -0.1) is 0 Å². The Bertz CT molecular complexity index is 1570. The molecule has 10 heteroatoms. The molecule has 3 N–H and O–H groups in total. The third kappa shape index (κ3) is 4.49. The van der Waals surface area contributed by atoms with Crippen LogP contribution in [0.25, 0.3) is 22.5 Å². The number of aromatic hydroxyl groups is 1. The monoisotopic (exact) mass is 494 g/mol. The fourth-order valence-corrected chi connectivity index (χ4v) is 4.54. The van der Waals surface area contributed by atoms with Crippen LogP contribution in [0.5, 0.6) is 5.75 Å². The summed E-state index contributed by atoms with van der Waals surface area (Å²) in [5.74, 6) is 1.39. The molecule has 9 nitrogen and oxygen atoms in total. The van der Waals surface area contributed by atoms with Gasteiger partial charge >= 0.3 is 0 Å². The molecule has 6 aromatic rings. The van der Waals surface area contributed by atoms with Crippen LogP contribution in [0.2, 0.25) is 0 Å². The summed E-state index contributed by atoms with van der Waals surface area (Å²) in [6.07, 6.45) is 7.97. The zero-order valence-electron chi connectivity index (χ0n) is 19.1. The lowest BCUT2D eigenvalue weighted by molar-refractivity contribution is 0.475. The van der Waals surface area contributed by atoms with Gasteiger partial charge in [-0.05, 0) is 59.8 Å². The number of phenols is 1. The summed E-state index contributed by atoms with van der Waals surface area (Å²) in [5, 5.41) is 20.4. The molecule has 178 valence electrons. The van der Waals surface area contributed by atoms with Crippen LogP contribution in [-0.4, -0.2) is 40.7 Å². The number of benzene rings is 2. The topological polar surface area (TPSA) is 106 Å². The molecule has 36 heavy (non-hydrogen) atoms. The van der Waals surface area contributed by atoms with E-state index in [0.29, 0.717) is 29.5 Å². The molecule has 0 aliphatic carbocycles. The Labute approximate surface area is 210 Å². The van der Waals surface area contributed by atoms with Crippen molar-refractivity contribution in [1.29, 1.82) is 0 Å². The number of aromatic nitrogens is 6. The van der Waals surface area contributed by atoms with E-state index in [1.165, 1.54) is 0 Å². The number of nitrogens with one attached hydrogen (secondary N) is 2. The molecular weight excluding hydrogens is 472 g/mol. The molecular formula is C26H22N8OS. The molecule has 0 aliphatic rings. The van der Waals surface area contributed by atoms with Crippen LogP contribution >= 0.6 is 11.3 Å². The van der Waals surface area contributed by atoms with Gasteiger partial charge in [0.25, 0.3) is 0 Å². The summed E-state index contributed by atoms with van der Waals surface area (Å²) in [4.78, 5) is 18.3. The average Bonchev–Trinajstić information content (AvgIpc) is 3.67. The number of anilines is 3. The molecule has 0 bridgehead atoms. The zero-order chi connectivity index (χ0) is 24.3. The van der Waals surface area contributed by atoms with E-state index >= 15 is 0 Å². The predicted molar refractivity (Wildman–Crippen MR) is 142 cm³/mol. The Hall–Kier alpha value is -4.70. The van der Waals surface area contributed by atoms with Gasteiger partial charge < -0.3 is 20.3 Å². The highest BCUT2D eigenvalue weighted by molar-refractivity contribution is 7.08. The Morgan fingerprint density at radius 1 is 0.917 bits per heavy atom. The second-order valence-corrected chi connectivity index (χ2v) is 8.93. The highest BCUT2D eigenvalue weighted by Gasteiger charge is 2.15. The Morgan fingerprint density at radius 3 is 2.53 bits per heavy atom. The van der Waals surface area contributed by atoms with Gasteiger partial charge in [0, 0.05) is 35.7 Å². The van der Waals surface area contributed by atoms with Crippen LogP contribution in [0.3, 0.4) is 0 Å². The fraction of sp³-hybridized carbons (Fsp3) is 0.0769. The minimum Gasteiger partial charge on any atom is -0.508 e. The molecule has 0 spiro atoms. The minimum absolute atomic E-state index is 0.261. The maximum Gasteiger partial charge on any atom is 0.231 e. The fourth-order valence-electron chi connectivity index (χ4n) is 3.91. The standard InChI is InChI=1S/C26H22N8OS/c35-22-7-1-18(2-8-22)9-11-28-24-23-25(34(17-29-23)21-10-14-36-15-21)32-26(31-24)30-19-3-5-20(6-4-19)33-13-12-27-16-33/h1-8,10,12-17,35H,9,11H2,(H2,28,30,31,32). The number of phenolic OH excluding ortho intramolecular Hbond substituents is 1. The van der Waals surface area contributed by atoms with Crippen molar-refractivity contribution in [3.63, 3.8) is 0 Å². The van der Waals surface area contributed by atoms with Gasteiger partial charge in [-0.1, -0.05) is 12.1 Å². The molecule has 0 saturated carbocycles. The average molecular weight is 495 g/mol. The molecule has 0 amide bonds. The van der Waals surface area contributed by atoms with Crippen molar-refractivity contribution < 1.29 is 5.11 Å². The van der Waals surface area contributed by atoms with Gasteiger partial charge in [0.2, 0.25) is 5.95 Å². The minimum atomic E-state index is 0.261. The van der Waals surface area contributed by atoms with Gasteiger partial charge in [0.1, 0.15) is 12.1 Å². The van der Waals surface area contributed by atoms with Crippen molar-refractivity contribution in [2.24, 2.45) is 0 Å². The first kappa shape index (κ1) is 21.8. The summed E-state index contributed by atoms with van der Waals surface area (Å²) in [7, 11) is 0. The van der Waals surface area contributed by atoms with Gasteiger partial charge in [0.05, 0.1) is 12.0 Å². The van der Waals surface area contributed by atoms with E-state index in [-0.39, 0.29) is 5.75 Å². The second-order valence-electron chi connectivity index (χ2n) is 8.15. The summed E-state index contributed by atoms with van der Waals surface area (Å²) >= 11 is 1.62. The van der Waals surface area contributed by atoms with E-state index in [1.54, 1.807) is 42.3 Å². The van der Waals surface area contributed by atoms with E-state index in [4.69, 9.17) is 9.97 Å². The first-order valence-electron chi connectivity index (χ1n) is 11.4. The molecule has 6 rings (SSSR count). The summed E-state index contributed by atoms with van der Waals surface area (Å²) in [5.41, 5.74) is 5.43. The second kappa shape index (κ2) is 9.51. The maximum absolute atomic E-state index is 9.52. The van der Waals surface area contributed by atoms with Gasteiger partial charge in [-0.25, -0.2) is 9.97 Å². The number of fused-ring (bicyclic) bond motifs is 1. The molecule has 0 saturated heterocycles. The first-order valence-corrected chi connectivity index (χ1v) is 12.3. The summed E-state index contributed by atoms with van der Waals surface area (Å²) in [6.45, 7) is 0.654. The Kier molecular flexibility index (Phi) is 5.76. The van der Waals surface area contributed by atoms with Crippen LogP contribution < -0.4 is 10.6 Å². The zero-order valence-corrected chi connectivity index (χ0v) is 19.9. The molecule has 4 heterocycles. The van der Waals surface area contributed by atoms with Crippen LogP contribution in [0.15, 0.2) is 90.4 Å². The van der Waals surface area contributed by atoms with E-state index in [2.05, 4.69) is 26.0 Å². The maximum atomic E-state index is 9.52. The van der Waals surface area contributed by atoms with Crippen molar-refractivity contribution >= 4 is 40.0 Å². The SMILES string of the molecule is Oc1ccc(CCNc2nc(Nc3ccc(-n4ccnc4)cc3)nc3c2ncn3-c2ccsc2)cc1. The number of imidazole rings is 2. The van der Waals surface area contributed by atoms with E-state index in [9.17, 15) is 5.11 Å². The third-order valence-electron chi connectivity index (χ3n) is 5.75. The van der Waals surface area contributed by atoms with Crippen LogP contribution in [0.4, 0.5) is 17.5 Å². The van der Waals surface area contributed by atoms with Gasteiger partial charge in [-0.2, -0.15) is 21.3 Å². The summed E-state index contributed by atoms with van der Waals surface area (Å²) in [6, 6.07) is 17.2. The molecule has 0 aliphatic heterocycles. The molecule has 0 unspecified atom stereocenters. The molecule has 2 aromatic carbocycles. The smallest absolute Gasteiger partial charge is 0.231 e. The van der Waals surface area contributed by atoms with E-state index in [1.807, 2.05) is 63.2 Å². The van der Waals surface area contributed by atoms with Crippen LogP contribution in [0, 0.1) is 0 Å². The molecule has 0 radical (unpaired) electrons. The number of thiophene rings is 1. The quantitative estimate of drug-likeness (QED) is 0.268. The number of rotatable bonds is 8. The normalized spacial score (nSPS) is 11.1. The van der Waals surface area contributed by atoms with Crippen LogP contribution in [0.1, 0.15) is 5.56 Å². The lowest BCUT2D eigenvalue weighted by atomic mass is 10.1. The number of hydrogen-bond acceptors (Lipinski definition) is 8. The van der Waals surface area contributed by atoms with E-state index < -0.39 is 0 Å². The molecule has 4 aromatic heterocycles. The van der Waals surface area contributed by atoms with Crippen molar-refractivity contribution in [3.8, 4) is 17.1 Å². The van der Waals surface area contributed by atoms with Crippen molar-refractivity contribution in [2.75, 3.05) is 17.2 Å². The molecule has 0 atom stereocenters. The third-order valence-corrected chi connectivity index (χ3v) is 6.42.